The Hall–Kier alpha value is -0.0800. The van der Waals surface area contributed by atoms with Crippen molar-refractivity contribution in [3.63, 3.8) is 0 Å². The molecule has 0 spiro atoms. The van der Waals surface area contributed by atoms with Gasteiger partial charge in [-0.1, -0.05) is 27.7 Å². The fraction of sp³-hybridized carbons (Fsp3) is 1.00. The summed E-state index contributed by atoms with van der Waals surface area (Å²) in [6.07, 6.45) is 2.86. The summed E-state index contributed by atoms with van der Waals surface area (Å²) in [5.74, 6) is 1.95. The number of piperidine rings is 1. The Morgan fingerprint density at radius 1 is 1.00 bits per heavy atom. The van der Waals surface area contributed by atoms with Gasteiger partial charge in [0.1, 0.15) is 0 Å². The molecule has 0 radical (unpaired) electrons. The van der Waals surface area contributed by atoms with Gasteiger partial charge in [0.2, 0.25) is 0 Å². The van der Waals surface area contributed by atoms with Crippen molar-refractivity contribution >= 4 is 0 Å². The van der Waals surface area contributed by atoms with Gasteiger partial charge in [0.05, 0.1) is 0 Å². The molecule has 16 heavy (non-hydrogen) atoms. The summed E-state index contributed by atoms with van der Waals surface area (Å²) < 4.78 is 0. The first-order chi connectivity index (χ1) is 7.78. The van der Waals surface area contributed by atoms with Crippen LogP contribution in [0.3, 0.4) is 0 Å². The molecule has 2 fully saturated rings. The van der Waals surface area contributed by atoms with Crippen LogP contribution in [0.4, 0.5) is 0 Å². The predicted molar refractivity (Wildman–Crippen MR) is 71.8 cm³/mol. The fourth-order valence-corrected chi connectivity index (χ4v) is 2.83. The van der Waals surface area contributed by atoms with Crippen LogP contribution in [-0.4, -0.2) is 49.1 Å². The largest absolute Gasteiger partial charge is 0.304 e. The molecule has 0 saturated carbocycles. The molecule has 0 aromatic rings. The molecule has 2 heterocycles. The van der Waals surface area contributed by atoms with Crippen molar-refractivity contribution in [3.8, 4) is 0 Å². The Bertz CT molecular complexity index is 168. The van der Waals surface area contributed by atoms with Crippen LogP contribution < -0.4 is 0 Å². The summed E-state index contributed by atoms with van der Waals surface area (Å²) in [5.41, 5.74) is 0. The third kappa shape index (κ3) is 4.06. The highest BCUT2D eigenvalue weighted by Crippen LogP contribution is 2.22. The number of hydrogen-bond acceptors (Lipinski definition) is 2. The van der Waals surface area contributed by atoms with Crippen LogP contribution in [-0.2, 0) is 0 Å². The van der Waals surface area contributed by atoms with Gasteiger partial charge in [-0.15, -0.1) is 0 Å². The molecule has 96 valence electrons. The maximum Gasteiger partial charge on any atom is 0.00195 e. The summed E-state index contributed by atoms with van der Waals surface area (Å²) in [7, 11) is 0. The van der Waals surface area contributed by atoms with Crippen molar-refractivity contribution in [1.29, 1.82) is 0 Å². The highest BCUT2D eigenvalue weighted by atomic mass is 15.2. The van der Waals surface area contributed by atoms with E-state index in [4.69, 9.17) is 0 Å². The maximum absolute atomic E-state index is 2.64. The molecule has 2 saturated heterocycles. The van der Waals surface area contributed by atoms with Crippen molar-refractivity contribution in [2.75, 3.05) is 39.3 Å². The molecule has 0 bridgehead atoms. The molecule has 2 aliphatic heterocycles. The predicted octanol–water partition coefficient (Wildman–Crippen LogP) is 2.70. The van der Waals surface area contributed by atoms with Crippen LogP contribution in [0.5, 0.6) is 0 Å². The lowest BCUT2D eigenvalue weighted by atomic mass is 9.93. The van der Waals surface area contributed by atoms with Crippen molar-refractivity contribution in [3.05, 3.63) is 0 Å². The van der Waals surface area contributed by atoms with Gasteiger partial charge < -0.3 is 9.80 Å². The van der Waals surface area contributed by atoms with E-state index in [1.54, 1.807) is 0 Å². The first-order valence-corrected chi connectivity index (χ1v) is 7.22. The van der Waals surface area contributed by atoms with E-state index >= 15 is 0 Å². The minimum atomic E-state index is 0.964. The molecule has 2 aliphatic rings. The summed E-state index contributed by atoms with van der Waals surface area (Å²) >= 11 is 0. The van der Waals surface area contributed by atoms with E-state index in [0.29, 0.717) is 0 Å². The van der Waals surface area contributed by atoms with Gasteiger partial charge in [0, 0.05) is 19.6 Å². The second-order valence-corrected chi connectivity index (χ2v) is 5.20. The third-order valence-corrected chi connectivity index (χ3v) is 3.81. The van der Waals surface area contributed by atoms with Gasteiger partial charge in [-0.2, -0.15) is 0 Å². The van der Waals surface area contributed by atoms with E-state index in [9.17, 15) is 0 Å². The van der Waals surface area contributed by atoms with E-state index in [2.05, 4.69) is 23.6 Å². The molecule has 0 aromatic heterocycles. The van der Waals surface area contributed by atoms with Crippen molar-refractivity contribution in [2.24, 2.45) is 11.8 Å². The quantitative estimate of drug-likeness (QED) is 0.730. The van der Waals surface area contributed by atoms with Crippen molar-refractivity contribution in [1.82, 2.24) is 9.80 Å². The second-order valence-electron chi connectivity index (χ2n) is 5.20. The number of nitrogens with zero attached hydrogens (tertiary/aromatic N) is 2. The molecule has 0 atom stereocenters. The zero-order chi connectivity index (χ0) is 12.0. The fourth-order valence-electron chi connectivity index (χ4n) is 2.83. The van der Waals surface area contributed by atoms with Crippen LogP contribution in [0.2, 0.25) is 0 Å². The monoisotopic (exact) mass is 226 g/mol. The summed E-state index contributed by atoms with van der Waals surface area (Å²) in [5, 5.41) is 0. The van der Waals surface area contributed by atoms with Crippen LogP contribution in [0.1, 0.15) is 40.5 Å². The zero-order valence-corrected chi connectivity index (χ0v) is 11.7. The second kappa shape index (κ2) is 7.29. The van der Waals surface area contributed by atoms with Gasteiger partial charge in [-0.05, 0) is 44.3 Å². The Morgan fingerprint density at radius 2 is 1.56 bits per heavy atom. The van der Waals surface area contributed by atoms with Crippen molar-refractivity contribution in [2.45, 2.75) is 40.5 Å². The first-order valence-electron chi connectivity index (χ1n) is 7.22. The lowest BCUT2D eigenvalue weighted by Crippen LogP contribution is -2.48. The molecule has 0 aromatic carbocycles. The molecular weight excluding hydrogens is 196 g/mol. The summed E-state index contributed by atoms with van der Waals surface area (Å²) in [4.78, 5) is 5.21. The highest BCUT2D eigenvalue weighted by Gasteiger charge is 2.26. The SMILES string of the molecule is CC.CCN1CCC(CN2CC(C)C2)CC1. The molecule has 0 aliphatic carbocycles. The molecule has 0 amide bonds. The summed E-state index contributed by atoms with van der Waals surface area (Å²) in [6.45, 7) is 16.6. The van der Waals surface area contributed by atoms with Gasteiger partial charge >= 0.3 is 0 Å². The van der Waals surface area contributed by atoms with Crippen LogP contribution in [0, 0.1) is 11.8 Å². The van der Waals surface area contributed by atoms with Gasteiger partial charge in [-0.3, -0.25) is 0 Å². The van der Waals surface area contributed by atoms with Crippen LogP contribution in [0.15, 0.2) is 0 Å². The van der Waals surface area contributed by atoms with E-state index in [-0.39, 0.29) is 0 Å². The summed E-state index contributed by atoms with van der Waals surface area (Å²) in [6, 6.07) is 0. The lowest BCUT2D eigenvalue weighted by Gasteiger charge is -2.41. The Balaban J connectivity index is 0.000000606. The van der Waals surface area contributed by atoms with E-state index < -0.39 is 0 Å². The minimum Gasteiger partial charge on any atom is -0.304 e. The van der Waals surface area contributed by atoms with E-state index in [1.807, 2.05) is 13.8 Å². The third-order valence-electron chi connectivity index (χ3n) is 3.81. The average molecular weight is 226 g/mol. The smallest absolute Gasteiger partial charge is 0.00195 e. The lowest BCUT2D eigenvalue weighted by molar-refractivity contribution is 0.0711. The van der Waals surface area contributed by atoms with Gasteiger partial charge in [0.15, 0.2) is 0 Å². The standard InChI is InChI=1S/C12H24N2.C2H6/c1-3-13-6-4-12(5-7-13)10-14-8-11(2)9-14;1-2/h11-12H,3-10H2,1-2H3;1-2H3. The minimum absolute atomic E-state index is 0.964. The van der Waals surface area contributed by atoms with Crippen molar-refractivity contribution < 1.29 is 0 Å². The highest BCUT2D eigenvalue weighted by molar-refractivity contribution is 4.81. The maximum atomic E-state index is 2.64. The normalized spacial score (nSPS) is 24.8. The van der Waals surface area contributed by atoms with Gasteiger partial charge in [-0.25, -0.2) is 0 Å². The first kappa shape index (κ1) is 14.0. The molecule has 2 rings (SSSR count). The van der Waals surface area contributed by atoms with E-state index in [0.717, 1.165) is 11.8 Å². The number of rotatable bonds is 3. The van der Waals surface area contributed by atoms with E-state index in [1.165, 1.54) is 52.1 Å². The van der Waals surface area contributed by atoms with Crippen LogP contribution >= 0.6 is 0 Å². The molecule has 2 heteroatoms. The van der Waals surface area contributed by atoms with Gasteiger partial charge in [0.25, 0.3) is 0 Å². The number of likely N-dealkylation sites (tertiary alicyclic amines) is 2. The molecule has 0 N–H and O–H groups in total. The van der Waals surface area contributed by atoms with Crippen LogP contribution in [0.25, 0.3) is 0 Å². The molecule has 2 nitrogen and oxygen atoms in total. The topological polar surface area (TPSA) is 6.48 Å². The zero-order valence-electron chi connectivity index (χ0n) is 11.7. The molecule has 0 unspecified atom stereocenters. The Morgan fingerprint density at radius 3 is 2.00 bits per heavy atom. The number of hydrogen-bond donors (Lipinski definition) is 0. The Kier molecular flexibility index (Phi) is 6.37. The Labute approximate surface area is 102 Å². The molecular formula is C14H30N2. The average Bonchev–Trinajstić information content (AvgIpc) is 2.31.